The van der Waals surface area contributed by atoms with E-state index < -0.39 is 4.92 Å². The third kappa shape index (κ3) is 6.99. The molecule has 0 radical (unpaired) electrons. The molecule has 1 N–H and O–H groups in total. The van der Waals surface area contributed by atoms with E-state index in [2.05, 4.69) is 20.3 Å². The first-order valence-corrected chi connectivity index (χ1v) is 10.3. The van der Waals surface area contributed by atoms with Gasteiger partial charge in [0.25, 0.3) is 11.6 Å². The van der Waals surface area contributed by atoms with Crippen LogP contribution >= 0.6 is 11.6 Å². The molecule has 0 saturated carbocycles. The van der Waals surface area contributed by atoms with Crippen molar-refractivity contribution in [2.45, 2.75) is 6.54 Å². The fraction of sp³-hybridized carbons (Fsp3) is 0.273. The SMILES string of the molecule is O=C(CN1CCN(Cc2ccccc2Cl)CC1)NN=C/C=C\c1ccccc1[N+](=O)[O-]. The van der Waals surface area contributed by atoms with Gasteiger partial charge in [0.15, 0.2) is 0 Å². The number of piperazine rings is 1. The van der Waals surface area contributed by atoms with Crippen molar-refractivity contribution in [1.29, 1.82) is 0 Å². The maximum atomic E-state index is 12.1. The number of nitro groups is 1. The lowest BCUT2D eigenvalue weighted by Gasteiger charge is -2.34. The number of nitrogens with zero attached hydrogens (tertiary/aromatic N) is 4. The fourth-order valence-corrected chi connectivity index (χ4v) is 3.50. The lowest BCUT2D eigenvalue weighted by atomic mass is 10.2. The van der Waals surface area contributed by atoms with Crippen LogP contribution in [0.3, 0.4) is 0 Å². The zero-order chi connectivity index (χ0) is 22.1. The van der Waals surface area contributed by atoms with Gasteiger partial charge < -0.3 is 0 Å². The number of hydrazone groups is 1. The molecule has 0 aliphatic carbocycles. The molecule has 1 aliphatic rings. The molecule has 1 fully saturated rings. The summed E-state index contributed by atoms with van der Waals surface area (Å²) in [5.41, 5.74) is 4.09. The van der Waals surface area contributed by atoms with Crippen molar-refractivity contribution in [3.8, 4) is 0 Å². The third-order valence-electron chi connectivity index (χ3n) is 4.94. The molecule has 0 bridgehead atoms. The monoisotopic (exact) mass is 441 g/mol. The standard InChI is InChI=1S/C22H24ClN5O3/c23-20-9-3-1-7-19(20)16-26-12-14-27(15-13-26)17-22(29)25-24-11-5-8-18-6-2-4-10-21(18)28(30)31/h1-11H,12-17H2,(H,25,29)/b8-5-,24-11?. The number of hydrogen-bond donors (Lipinski definition) is 1. The van der Waals surface area contributed by atoms with Gasteiger partial charge in [0.1, 0.15) is 0 Å². The second-order valence-corrected chi connectivity index (χ2v) is 7.54. The highest BCUT2D eigenvalue weighted by Crippen LogP contribution is 2.19. The summed E-state index contributed by atoms with van der Waals surface area (Å²) in [5.74, 6) is -0.199. The van der Waals surface area contributed by atoms with Crippen molar-refractivity contribution in [3.05, 3.63) is 80.9 Å². The van der Waals surface area contributed by atoms with Crippen LogP contribution < -0.4 is 5.43 Å². The molecule has 0 aromatic heterocycles. The lowest BCUT2D eigenvalue weighted by molar-refractivity contribution is -0.385. The van der Waals surface area contributed by atoms with E-state index in [1.165, 1.54) is 12.3 Å². The highest BCUT2D eigenvalue weighted by molar-refractivity contribution is 6.31. The van der Waals surface area contributed by atoms with Gasteiger partial charge in [-0.25, -0.2) is 5.43 Å². The van der Waals surface area contributed by atoms with Crippen molar-refractivity contribution < 1.29 is 9.72 Å². The summed E-state index contributed by atoms with van der Waals surface area (Å²) < 4.78 is 0. The van der Waals surface area contributed by atoms with E-state index in [1.54, 1.807) is 30.4 Å². The minimum Gasteiger partial charge on any atom is -0.296 e. The molecule has 2 aromatic rings. The summed E-state index contributed by atoms with van der Waals surface area (Å²) in [4.78, 5) is 27.0. The van der Waals surface area contributed by atoms with Crippen molar-refractivity contribution in [1.82, 2.24) is 15.2 Å². The summed E-state index contributed by atoms with van der Waals surface area (Å²) >= 11 is 6.23. The molecule has 8 nitrogen and oxygen atoms in total. The van der Waals surface area contributed by atoms with E-state index in [-0.39, 0.29) is 18.1 Å². The average molecular weight is 442 g/mol. The van der Waals surface area contributed by atoms with Crippen LogP contribution in [0.25, 0.3) is 6.08 Å². The van der Waals surface area contributed by atoms with Crippen molar-refractivity contribution >= 4 is 35.5 Å². The number of amides is 1. The molecule has 9 heteroatoms. The Morgan fingerprint density at radius 2 is 1.77 bits per heavy atom. The summed E-state index contributed by atoms with van der Waals surface area (Å²) in [6.07, 6.45) is 4.53. The predicted molar refractivity (Wildman–Crippen MR) is 122 cm³/mol. The normalized spacial score (nSPS) is 15.5. The van der Waals surface area contributed by atoms with Gasteiger partial charge in [0.05, 0.1) is 17.0 Å². The maximum Gasteiger partial charge on any atom is 0.276 e. The molecule has 31 heavy (non-hydrogen) atoms. The smallest absolute Gasteiger partial charge is 0.276 e. The average Bonchev–Trinajstić information content (AvgIpc) is 2.76. The molecular formula is C22H24ClN5O3. The Kier molecular flexibility index (Phi) is 8.28. The van der Waals surface area contributed by atoms with Crippen LogP contribution in [0.4, 0.5) is 5.69 Å². The summed E-state index contributed by atoms with van der Waals surface area (Å²) in [6, 6.07) is 14.3. The Labute approximate surface area is 185 Å². The van der Waals surface area contributed by atoms with Crippen LogP contribution in [-0.2, 0) is 11.3 Å². The van der Waals surface area contributed by atoms with E-state index in [0.717, 1.165) is 43.3 Å². The Bertz CT molecular complexity index is 971. The first kappa shape index (κ1) is 22.6. The van der Waals surface area contributed by atoms with E-state index in [1.807, 2.05) is 24.3 Å². The number of rotatable bonds is 8. The minimum atomic E-state index is -0.438. The molecule has 0 atom stereocenters. The van der Waals surface area contributed by atoms with Gasteiger partial charge in [-0.1, -0.05) is 41.9 Å². The molecule has 3 rings (SSSR count). The van der Waals surface area contributed by atoms with Crippen LogP contribution in [0.15, 0.2) is 59.7 Å². The predicted octanol–water partition coefficient (Wildman–Crippen LogP) is 3.18. The molecule has 0 spiro atoms. The highest BCUT2D eigenvalue weighted by Gasteiger charge is 2.19. The molecule has 1 saturated heterocycles. The lowest BCUT2D eigenvalue weighted by Crippen LogP contribution is -2.48. The van der Waals surface area contributed by atoms with E-state index >= 15 is 0 Å². The second kappa shape index (κ2) is 11.4. The van der Waals surface area contributed by atoms with Gasteiger partial charge >= 0.3 is 0 Å². The van der Waals surface area contributed by atoms with Gasteiger partial charge in [0, 0.05) is 50.0 Å². The number of nitrogens with one attached hydrogen (secondary N) is 1. The molecule has 1 amide bonds. The Morgan fingerprint density at radius 3 is 2.52 bits per heavy atom. The zero-order valence-electron chi connectivity index (χ0n) is 17.0. The Balaban J connectivity index is 1.39. The number of nitro benzene ring substituents is 1. The van der Waals surface area contributed by atoms with Gasteiger partial charge in [-0.3, -0.25) is 24.7 Å². The Hall–Kier alpha value is -3.07. The number of halogens is 1. The van der Waals surface area contributed by atoms with Crippen molar-refractivity contribution in [3.63, 3.8) is 0 Å². The summed E-state index contributed by atoms with van der Waals surface area (Å²) in [5, 5.41) is 15.6. The first-order chi connectivity index (χ1) is 15.0. The number of hydrogen-bond acceptors (Lipinski definition) is 6. The van der Waals surface area contributed by atoms with Crippen molar-refractivity contribution in [2.75, 3.05) is 32.7 Å². The highest BCUT2D eigenvalue weighted by atomic mass is 35.5. The number of allylic oxidation sites excluding steroid dienone is 1. The summed E-state index contributed by atoms with van der Waals surface area (Å²) in [7, 11) is 0. The largest absolute Gasteiger partial charge is 0.296 e. The van der Waals surface area contributed by atoms with Crippen LogP contribution in [0.1, 0.15) is 11.1 Å². The number of carbonyl (C=O) groups excluding carboxylic acids is 1. The van der Waals surface area contributed by atoms with Crippen LogP contribution in [0.5, 0.6) is 0 Å². The van der Waals surface area contributed by atoms with E-state index in [9.17, 15) is 14.9 Å². The number of para-hydroxylation sites is 1. The molecular weight excluding hydrogens is 418 g/mol. The molecule has 0 unspecified atom stereocenters. The fourth-order valence-electron chi connectivity index (χ4n) is 3.31. The minimum absolute atomic E-state index is 0.0184. The topological polar surface area (TPSA) is 91.1 Å². The molecule has 1 aliphatic heterocycles. The third-order valence-corrected chi connectivity index (χ3v) is 5.31. The quantitative estimate of drug-likeness (QED) is 0.386. The van der Waals surface area contributed by atoms with Gasteiger partial charge in [0.2, 0.25) is 0 Å². The summed E-state index contributed by atoms with van der Waals surface area (Å²) in [6.45, 7) is 4.38. The van der Waals surface area contributed by atoms with Gasteiger partial charge in [-0.05, 0) is 29.8 Å². The van der Waals surface area contributed by atoms with Gasteiger partial charge in [-0.2, -0.15) is 5.10 Å². The number of carbonyl (C=O) groups is 1. The molecule has 2 aromatic carbocycles. The van der Waals surface area contributed by atoms with Crippen LogP contribution in [0.2, 0.25) is 5.02 Å². The van der Waals surface area contributed by atoms with Gasteiger partial charge in [-0.15, -0.1) is 0 Å². The number of benzene rings is 2. The van der Waals surface area contributed by atoms with E-state index in [4.69, 9.17) is 11.6 Å². The zero-order valence-corrected chi connectivity index (χ0v) is 17.7. The van der Waals surface area contributed by atoms with Crippen LogP contribution in [0, 0.1) is 10.1 Å². The van der Waals surface area contributed by atoms with Crippen LogP contribution in [-0.4, -0.2) is 59.6 Å². The maximum absolute atomic E-state index is 12.1. The first-order valence-electron chi connectivity index (χ1n) is 9.93. The molecule has 162 valence electrons. The molecule has 1 heterocycles. The second-order valence-electron chi connectivity index (χ2n) is 7.13. The Morgan fingerprint density at radius 1 is 1.10 bits per heavy atom. The van der Waals surface area contributed by atoms with E-state index in [0.29, 0.717) is 5.56 Å². The van der Waals surface area contributed by atoms with Crippen molar-refractivity contribution in [2.24, 2.45) is 5.10 Å².